The SMILES string of the molecule is Cc1cc(COc2ccc(Cl)cc2)c(C)c(C2C(C#N)=C(N)N(c3cccc4ccccc34)C3=C2C(=O)CC(C)(C)C3)c1. The normalized spacial score (nSPS) is 18.1. The molecule has 0 fully saturated rings. The fourth-order valence-corrected chi connectivity index (χ4v) is 6.73. The summed E-state index contributed by atoms with van der Waals surface area (Å²) in [6, 6.07) is 28.1. The van der Waals surface area contributed by atoms with Crippen LogP contribution in [0.5, 0.6) is 5.75 Å². The topological polar surface area (TPSA) is 79.3 Å². The van der Waals surface area contributed by atoms with Crippen molar-refractivity contribution in [1.82, 2.24) is 0 Å². The Morgan fingerprint density at radius 3 is 2.49 bits per heavy atom. The summed E-state index contributed by atoms with van der Waals surface area (Å²) < 4.78 is 6.12. The van der Waals surface area contributed by atoms with Gasteiger partial charge < -0.3 is 10.5 Å². The van der Waals surface area contributed by atoms with Gasteiger partial charge in [0.1, 0.15) is 18.2 Å². The number of allylic oxidation sites excluding steroid dienone is 3. The summed E-state index contributed by atoms with van der Waals surface area (Å²) in [6.45, 7) is 8.64. The first-order valence-corrected chi connectivity index (χ1v) is 14.9. The molecule has 4 aromatic carbocycles. The molecule has 1 heterocycles. The van der Waals surface area contributed by atoms with Gasteiger partial charge >= 0.3 is 0 Å². The average molecular weight is 588 g/mol. The molecule has 1 atom stereocenters. The van der Waals surface area contributed by atoms with Gasteiger partial charge in [-0.25, -0.2) is 0 Å². The number of carbonyl (C=O) groups excluding carboxylic acids is 1. The van der Waals surface area contributed by atoms with Crippen molar-refractivity contribution in [1.29, 1.82) is 5.26 Å². The Labute approximate surface area is 257 Å². The highest BCUT2D eigenvalue weighted by Gasteiger charge is 2.45. The number of benzene rings is 4. The molecule has 216 valence electrons. The number of aryl methyl sites for hydroxylation is 1. The Kier molecular flexibility index (Phi) is 7.28. The summed E-state index contributed by atoms with van der Waals surface area (Å²) in [5.41, 5.74) is 13.4. The smallest absolute Gasteiger partial charge is 0.162 e. The van der Waals surface area contributed by atoms with Crippen LogP contribution in [0.15, 0.2) is 102 Å². The molecule has 2 aliphatic rings. The molecule has 6 heteroatoms. The van der Waals surface area contributed by atoms with E-state index in [-0.39, 0.29) is 11.2 Å². The molecule has 0 saturated heterocycles. The van der Waals surface area contributed by atoms with E-state index in [2.05, 4.69) is 50.2 Å². The number of carbonyl (C=O) groups is 1. The number of nitrogens with zero attached hydrogens (tertiary/aromatic N) is 2. The summed E-state index contributed by atoms with van der Waals surface area (Å²) in [7, 11) is 0. The number of rotatable bonds is 5. The van der Waals surface area contributed by atoms with Gasteiger partial charge in [-0.05, 0) is 78.1 Å². The van der Waals surface area contributed by atoms with Gasteiger partial charge in [0.15, 0.2) is 5.78 Å². The first-order chi connectivity index (χ1) is 20.6. The minimum atomic E-state index is -0.566. The van der Waals surface area contributed by atoms with Crippen LogP contribution in [0.2, 0.25) is 5.02 Å². The highest BCUT2D eigenvalue weighted by molar-refractivity contribution is 6.30. The number of nitriles is 1. The van der Waals surface area contributed by atoms with Crippen molar-refractivity contribution in [2.24, 2.45) is 11.1 Å². The molecular weight excluding hydrogens is 554 g/mol. The Balaban J connectivity index is 1.53. The third-order valence-corrected chi connectivity index (χ3v) is 8.86. The molecule has 0 radical (unpaired) electrons. The van der Waals surface area contributed by atoms with Gasteiger partial charge in [0, 0.05) is 28.1 Å². The number of anilines is 1. The molecule has 6 rings (SSSR count). The van der Waals surface area contributed by atoms with E-state index in [4.69, 9.17) is 22.1 Å². The Hall–Kier alpha value is -4.53. The predicted molar refractivity (Wildman–Crippen MR) is 173 cm³/mol. The van der Waals surface area contributed by atoms with Crippen LogP contribution in [-0.2, 0) is 11.4 Å². The Morgan fingerprint density at radius 1 is 1.02 bits per heavy atom. The largest absolute Gasteiger partial charge is 0.489 e. The van der Waals surface area contributed by atoms with Crippen LogP contribution in [0.1, 0.15) is 54.9 Å². The second kappa shape index (κ2) is 10.9. The monoisotopic (exact) mass is 587 g/mol. The van der Waals surface area contributed by atoms with Gasteiger partial charge in [-0.15, -0.1) is 0 Å². The third kappa shape index (κ3) is 5.17. The maximum absolute atomic E-state index is 14.2. The number of ether oxygens (including phenoxy) is 1. The highest BCUT2D eigenvalue weighted by atomic mass is 35.5. The van der Waals surface area contributed by atoms with E-state index >= 15 is 0 Å². The lowest BCUT2D eigenvalue weighted by molar-refractivity contribution is -0.118. The second-order valence-electron chi connectivity index (χ2n) is 12.4. The quantitative estimate of drug-likeness (QED) is 0.253. The summed E-state index contributed by atoms with van der Waals surface area (Å²) in [5, 5.41) is 13.4. The highest BCUT2D eigenvalue weighted by Crippen LogP contribution is 2.51. The van der Waals surface area contributed by atoms with E-state index in [1.54, 1.807) is 12.1 Å². The van der Waals surface area contributed by atoms with E-state index in [0.29, 0.717) is 47.2 Å². The number of Topliss-reactive ketones (excluding diaryl/α,β-unsaturated/α-hetero) is 1. The zero-order valence-electron chi connectivity index (χ0n) is 24.9. The van der Waals surface area contributed by atoms with E-state index < -0.39 is 5.92 Å². The van der Waals surface area contributed by atoms with Gasteiger partial charge in [0.25, 0.3) is 0 Å². The number of fused-ring (bicyclic) bond motifs is 1. The molecule has 0 bridgehead atoms. The van der Waals surface area contributed by atoms with Crippen molar-refractivity contribution < 1.29 is 9.53 Å². The van der Waals surface area contributed by atoms with Crippen LogP contribution in [0.25, 0.3) is 10.8 Å². The average Bonchev–Trinajstić information content (AvgIpc) is 2.97. The molecule has 43 heavy (non-hydrogen) atoms. The lowest BCUT2D eigenvalue weighted by Crippen LogP contribution is -2.42. The zero-order chi connectivity index (χ0) is 30.5. The van der Waals surface area contributed by atoms with Crippen LogP contribution < -0.4 is 15.4 Å². The Bertz CT molecular complexity index is 1870. The number of nitrogens with two attached hydrogens (primary N) is 1. The number of hydrogen-bond acceptors (Lipinski definition) is 5. The first kappa shape index (κ1) is 28.6. The molecule has 5 nitrogen and oxygen atoms in total. The van der Waals surface area contributed by atoms with Crippen LogP contribution in [0, 0.1) is 30.6 Å². The predicted octanol–water partition coefficient (Wildman–Crippen LogP) is 8.63. The molecule has 0 saturated carbocycles. The fourth-order valence-electron chi connectivity index (χ4n) is 6.60. The van der Waals surface area contributed by atoms with E-state index in [1.165, 1.54) is 0 Å². The minimum Gasteiger partial charge on any atom is -0.489 e. The van der Waals surface area contributed by atoms with Crippen LogP contribution in [0.4, 0.5) is 5.69 Å². The number of halogens is 1. The van der Waals surface area contributed by atoms with Gasteiger partial charge in [0.2, 0.25) is 0 Å². The van der Waals surface area contributed by atoms with Gasteiger partial charge in [0.05, 0.1) is 23.2 Å². The fraction of sp³-hybridized carbons (Fsp3) is 0.243. The van der Waals surface area contributed by atoms with Gasteiger partial charge in [-0.3, -0.25) is 9.69 Å². The molecule has 0 aromatic heterocycles. The van der Waals surface area contributed by atoms with E-state index in [0.717, 1.165) is 44.4 Å². The molecular formula is C37H34ClN3O2. The number of hydrogen-bond donors (Lipinski definition) is 1. The van der Waals surface area contributed by atoms with Crippen molar-refractivity contribution in [3.8, 4) is 11.8 Å². The summed E-state index contributed by atoms with van der Waals surface area (Å²) in [4.78, 5) is 16.1. The maximum Gasteiger partial charge on any atom is 0.162 e. The molecule has 1 aliphatic carbocycles. The summed E-state index contributed by atoms with van der Waals surface area (Å²) in [6.07, 6.45) is 1.06. The summed E-state index contributed by atoms with van der Waals surface area (Å²) in [5.74, 6) is 0.574. The Morgan fingerprint density at radius 2 is 1.74 bits per heavy atom. The molecule has 1 unspecified atom stereocenters. The van der Waals surface area contributed by atoms with Crippen molar-refractivity contribution in [2.45, 2.75) is 53.1 Å². The molecule has 0 spiro atoms. The lowest BCUT2D eigenvalue weighted by atomic mass is 9.67. The second-order valence-corrected chi connectivity index (χ2v) is 12.8. The number of ketones is 1. The lowest BCUT2D eigenvalue weighted by Gasteiger charge is -2.44. The molecule has 4 aromatic rings. The van der Waals surface area contributed by atoms with Gasteiger partial charge in [-0.1, -0.05) is 79.5 Å². The maximum atomic E-state index is 14.2. The molecule has 0 amide bonds. The molecule has 2 N–H and O–H groups in total. The van der Waals surface area contributed by atoms with Crippen LogP contribution in [0.3, 0.4) is 0 Å². The third-order valence-electron chi connectivity index (χ3n) is 8.61. The standard InChI is InChI=1S/C37H34ClN3O2/c1-22-16-25(21-43-27-14-12-26(38)13-15-27)23(2)29(17-22)34-30(20-39)36(40)41(32-18-37(3,4)19-33(42)35(32)34)31-11-7-9-24-8-5-6-10-28(24)31/h5-17,34H,18-19,21,40H2,1-4H3. The van der Waals surface area contributed by atoms with Crippen molar-refractivity contribution in [3.63, 3.8) is 0 Å². The van der Waals surface area contributed by atoms with Crippen LogP contribution >= 0.6 is 11.6 Å². The van der Waals surface area contributed by atoms with Crippen LogP contribution in [-0.4, -0.2) is 5.78 Å². The van der Waals surface area contributed by atoms with Gasteiger partial charge in [-0.2, -0.15) is 5.26 Å². The molecule has 1 aliphatic heterocycles. The van der Waals surface area contributed by atoms with E-state index in [1.807, 2.05) is 55.1 Å². The minimum absolute atomic E-state index is 0.0570. The van der Waals surface area contributed by atoms with Crippen molar-refractivity contribution in [2.75, 3.05) is 4.90 Å². The van der Waals surface area contributed by atoms with E-state index in [9.17, 15) is 10.1 Å². The van der Waals surface area contributed by atoms with Crippen molar-refractivity contribution in [3.05, 3.63) is 129 Å². The summed E-state index contributed by atoms with van der Waals surface area (Å²) >= 11 is 6.05. The zero-order valence-corrected chi connectivity index (χ0v) is 25.6. The van der Waals surface area contributed by atoms with Crippen molar-refractivity contribution >= 4 is 33.8 Å². The first-order valence-electron chi connectivity index (χ1n) is 14.5.